The van der Waals surface area contributed by atoms with Gasteiger partial charge in [0, 0.05) is 73.7 Å². The molecular formula is C98H133BrClN41O8. The van der Waals surface area contributed by atoms with Crippen LogP contribution in [0.2, 0.25) is 5.02 Å². The summed E-state index contributed by atoms with van der Waals surface area (Å²) in [7, 11) is 1.36. The SMILES string of the molecule is CCCCNc1nc(N)nc2cccnc12.CCC[C@@H](CO)Nc1nc(N)nc2cc(Br)cnc12.CCC[C@@H](CO)Nc1nc(N)nc2cc(C)cnc12.CCC[C@@H](CO)Nc1nc(N)nc2cc(CC)cnc12.CCC[C@@H](CO)Nc1nc(N)nc2cc(Cl)cnc12.CCC[C@H](Nc1nc(N)nc2cccnc12)C(=O)OC.Nc1nc(NCCCO)c2ncccc2n1.[C-]#[N+]c1cnc2c(N[C@H](CO)CCC)nc(N)nc2c1. The van der Waals surface area contributed by atoms with Crippen molar-refractivity contribution in [2.45, 2.75) is 201 Å². The molecule has 0 saturated carbocycles. The van der Waals surface area contributed by atoms with Crippen molar-refractivity contribution >= 4 is 222 Å². The summed E-state index contributed by atoms with van der Waals surface area (Å²) in [5.74, 6) is 5.63. The Morgan fingerprint density at radius 1 is 0.369 bits per heavy atom. The van der Waals surface area contributed by atoms with Crippen LogP contribution in [0.1, 0.15) is 163 Å². The Morgan fingerprint density at radius 2 is 0.678 bits per heavy atom. The molecular weight excluding hydrogens is 1990 g/mol. The zero-order chi connectivity index (χ0) is 108. The van der Waals surface area contributed by atoms with E-state index < -0.39 is 6.04 Å². The van der Waals surface area contributed by atoms with E-state index >= 15 is 0 Å². The topological polar surface area (TPSA) is 766 Å². The van der Waals surface area contributed by atoms with Crippen LogP contribution in [0.25, 0.3) is 93.1 Å². The van der Waals surface area contributed by atoms with Gasteiger partial charge in [-0.3, -0.25) is 29.9 Å². The summed E-state index contributed by atoms with van der Waals surface area (Å²) < 4.78 is 5.61. The highest BCUT2D eigenvalue weighted by Gasteiger charge is 2.24. The lowest BCUT2D eigenvalue weighted by molar-refractivity contribution is -0.141. The first-order valence-corrected chi connectivity index (χ1v) is 50.0. The van der Waals surface area contributed by atoms with E-state index in [-0.39, 0.29) is 123 Å². The van der Waals surface area contributed by atoms with Crippen LogP contribution in [0.5, 0.6) is 0 Å². The average Bonchev–Trinajstić information content (AvgIpc) is 0.803. The monoisotopic (exact) mass is 2130 g/mol. The van der Waals surface area contributed by atoms with E-state index in [4.69, 9.17) is 73.9 Å². The maximum absolute atomic E-state index is 11.7. The van der Waals surface area contributed by atoms with Crippen molar-refractivity contribution in [3.8, 4) is 0 Å². The van der Waals surface area contributed by atoms with E-state index in [1.807, 2.05) is 63.4 Å². The zero-order valence-electron chi connectivity index (χ0n) is 85.0. The number of halogens is 2. The van der Waals surface area contributed by atoms with Crippen molar-refractivity contribution in [2.75, 3.05) is 148 Å². The van der Waals surface area contributed by atoms with Gasteiger partial charge < -0.3 is 124 Å². The summed E-state index contributed by atoms with van der Waals surface area (Å²) in [4.78, 5) is 115. The highest BCUT2D eigenvalue weighted by molar-refractivity contribution is 9.10. The molecule has 51 heteroatoms. The number of aryl methyl sites for hydroxylation is 2. The predicted molar refractivity (Wildman–Crippen MR) is 592 cm³/mol. The Kier molecular flexibility index (Phi) is 47.8. The van der Waals surface area contributed by atoms with Gasteiger partial charge in [-0.25, -0.2) is 59.5 Å². The second kappa shape index (κ2) is 61.0. The van der Waals surface area contributed by atoms with Gasteiger partial charge >= 0.3 is 5.97 Å². The Morgan fingerprint density at radius 3 is 1.03 bits per heavy atom. The van der Waals surface area contributed by atoms with Crippen LogP contribution in [0, 0.1) is 13.5 Å². The number of anilines is 16. The molecule has 0 spiro atoms. The highest BCUT2D eigenvalue weighted by Crippen LogP contribution is 2.31. The maximum Gasteiger partial charge on any atom is 0.328 e. The summed E-state index contributed by atoms with van der Waals surface area (Å²) in [5.41, 5.74) is 58.4. The molecule has 16 rings (SSSR count). The minimum atomic E-state index is -0.482. The maximum atomic E-state index is 11.7. The molecule has 0 aliphatic carbocycles. The third-order valence-corrected chi connectivity index (χ3v) is 22.3. The molecule has 49 nitrogen and oxygen atoms in total. The number of aliphatic hydroxyl groups is 6. The molecule has 16 aromatic rings. The predicted octanol–water partition coefficient (Wildman–Crippen LogP) is 12.3. The van der Waals surface area contributed by atoms with Crippen molar-refractivity contribution in [1.82, 2.24) is 120 Å². The number of hydrogen-bond donors (Lipinski definition) is 22. The second-order valence-electron chi connectivity index (χ2n) is 33.6. The summed E-state index contributed by atoms with van der Waals surface area (Å²) >= 11 is 9.23. The number of nitrogen functional groups attached to an aromatic ring is 8. The van der Waals surface area contributed by atoms with Crippen molar-refractivity contribution in [3.05, 3.63) is 148 Å². The lowest BCUT2D eigenvalue weighted by Crippen LogP contribution is -2.31. The summed E-state index contributed by atoms with van der Waals surface area (Å²) in [6, 6.07) is 19.1. The van der Waals surface area contributed by atoms with E-state index in [0.29, 0.717) is 143 Å². The fraction of sp³-hybridized carbons (Fsp3) is 0.408. The molecule has 792 valence electrons. The number of aromatic nitrogens is 24. The number of nitrogens with two attached hydrogens (primary N) is 8. The van der Waals surface area contributed by atoms with Gasteiger partial charge in [0.05, 0.1) is 126 Å². The van der Waals surface area contributed by atoms with Crippen LogP contribution < -0.4 is 88.4 Å². The molecule has 16 aromatic heterocycles. The van der Waals surface area contributed by atoms with Gasteiger partial charge in [-0.05, 0) is 158 Å². The van der Waals surface area contributed by atoms with Crippen LogP contribution >= 0.6 is 27.5 Å². The molecule has 0 amide bonds. The minimum absolute atomic E-state index is 0.000617. The Balaban J connectivity index is 0.000000189. The zero-order valence-corrected chi connectivity index (χ0v) is 87.3. The fourth-order valence-corrected chi connectivity index (χ4v) is 15.1. The fourth-order valence-electron chi connectivity index (χ4n) is 14.6. The number of carbonyl (C=O) groups excluding carboxylic acids is 1. The lowest BCUT2D eigenvalue weighted by Gasteiger charge is -2.17. The highest BCUT2D eigenvalue weighted by atomic mass is 79.9. The van der Waals surface area contributed by atoms with Crippen LogP contribution in [0.3, 0.4) is 0 Å². The molecule has 30 N–H and O–H groups in total. The molecule has 0 fully saturated rings. The van der Waals surface area contributed by atoms with E-state index in [1.165, 1.54) is 19.5 Å². The number of rotatable bonds is 39. The molecule has 6 atom stereocenters. The van der Waals surface area contributed by atoms with Crippen LogP contribution in [-0.4, -0.2) is 252 Å². The van der Waals surface area contributed by atoms with Crippen molar-refractivity contribution in [2.24, 2.45) is 0 Å². The number of carbonyl (C=O) groups is 1. The molecule has 0 aliphatic heterocycles. The van der Waals surface area contributed by atoms with Gasteiger partial charge in [0.2, 0.25) is 53.3 Å². The Hall–Kier alpha value is -15.8. The van der Waals surface area contributed by atoms with E-state index in [0.717, 1.165) is 134 Å². The molecule has 0 aromatic carbocycles. The van der Waals surface area contributed by atoms with Gasteiger partial charge in [-0.1, -0.05) is 112 Å². The minimum Gasteiger partial charge on any atom is -0.467 e. The molecule has 16 heterocycles. The Labute approximate surface area is 874 Å². The number of aliphatic hydroxyl groups excluding tert-OH is 6. The van der Waals surface area contributed by atoms with Crippen LogP contribution in [0.4, 0.5) is 99.8 Å². The third kappa shape index (κ3) is 35.8. The van der Waals surface area contributed by atoms with Gasteiger partial charge in [-0.2, -0.15) is 39.9 Å². The number of esters is 1. The van der Waals surface area contributed by atoms with Gasteiger partial charge in [0.25, 0.3) is 0 Å². The molecule has 0 saturated heterocycles. The van der Waals surface area contributed by atoms with Gasteiger partial charge in [0.1, 0.15) is 50.2 Å². The van der Waals surface area contributed by atoms with E-state index in [1.54, 1.807) is 61.3 Å². The Bertz CT molecular complexity index is 6670. The van der Waals surface area contributed by atoms with Gasteiger partial charge in [0.15, 0.2) is 46.5 Å². The molecule has 149 heavy (non-hydrogen) atoms. The standard InChI is InChI=1S/C14H21N5O.C13H16N6O.C13H17N5O2.C13H19N5O.C12H16BrN5O.C12H16ClN5O.C11H15N5.C10H13N5O/c1-3-5-10(8-20)17-13-12-11(18-14(15)19-13)6-9(4-2)7-16-12;1-3-4-8(7-20)17-12-11-10(18-13(14)19-12)5-9(15-2)6-16-11;1-3-5-9(12(19)20-2)16-11-10-8(6-4-7-15-10)17-13(14)18-11;1-3-4-9(7-19)16-12-11-10(17-13(14)18-12)5-8(2)6-15-11;2*1-2-3-8(6-19)16-11-10-9(17-12(14)18-11)4-7(13)5-15-10;1-2-3-6-14-10-9-8(5-4-7-13-9)15-11(12)16-10;11-10-14-7-3-1-4-12-8(7)9(15-10)13-5-2-6-16/h6-7,10,20H,3-5,8H2,1-2H3,(H3,15,17,18,19);5-6,8,20H,3-4,7H2,1H3,(H3,14,17,18,19);4,6-7,9H,3,5H2,1-2H3,(H3,14,16,17,18);5-6,9,19H,3-4,7H2,1-2H3,(H3,14,16,17,18);2*4-5,8,19H,2-3,6H2,1H3,(H3,14,16,17,18);4-5,7H,2-3,6H2,1H3,(H3,12,14,15,16);1,3-4,16H,2,5-6H2,(H3,11,13,14,15)/t10-;8-;2*9-;2*8-;;/m000000../s1. The first kappa shape index (κ1) is 117. The largest absolute Gasteiger partial charge is 0.467 e. The number of ether oxygens (including phenoxy) is 1. The van der Waals surface area contributed by atoms with Crippen LogP contribution in [0.15, 0.2) is 121 Å². The smallest absolute Gasteiger partial charge is 0.328 e. The molecule has 0 aliphatic rings. The van der Waals surface area contributed by atoms with Crippen molar-refractivity contribution in [3.63, 3.8) is 0 Å². The number of fused-ring (bicyclic) bond motifs is 8. The number of methoxy groups -OCH3 is 1. The van der Waals surface area contributed by atoms with Gasteiger partial charge in [-0.15, -0.1) is 0 Å². The van der Waals surface area contributed by atoms with E-state index in [2.05, 4.69) is 224 Å². The number of hydrogen-bond acceptors (Lipinski definition) is 48. The summed E-state index contributed by atoms with van der Waals surface area (Å²) in [6.45, 7) is 27.2. The molecule has 0 unspecified atom stereocenters. The first-order chi connectivity index (χ1) is 72.0. The van der Waals surface area contributed by atoms with Crippen molar-refractivity contribution < 1.29 is 40.2 Å². The summed E-state index contributed by atoms with van der Waals surface area (Å²) in [5, 5.41) is 81.1. The number of unbranched alkanes of at least 4 members (excludes halogenated alkanes) is 1. The lowest BCUT2D eigenvalue weighted by atomic mass is 10.1. The first-order valence-electron chi connectivity index (χ1n) is 48.8. The number of pyridine rings is 8. The molecule has 0 bridgehead atoms. The third-order valence-electron chi connectivity index (χ3n) is 21.6. The quantitative estimate of drug-likeness (QED) is 0.00966. The van der Waals surface area contributed by atoms with Crippen molar-refractivity contribution in [1.29, 1.82) is 0 Å². The second-order valence-corrected chi connectivity index (χ2v) is 34.9. The molecule has 0 radical (unpaired) electrons. The van der Waals surface area contributed by atoms with E-state index in [9.17, 15) is 30.3 Å². The summed E-state index contributed by atoms with van der Waals surface area (Å²) in [6.07, 6.45) is 27.6. The number of nitrogens with one attached hydrogen (secondary N) is 8. The number of nitrogens with zero attached hydrogens (tertiary/aromatic N) is 25. The average molecular weight is 2130 g/mol. The van der Waals surface area contributed by atoms with Crippen LogP contribution in [-0.2, 0) is 16.0 Å². The normalized spacial score (nSPS) is 12.0.